The van der Waals surface area contributed by atoms with E-state index < -0.39 is 5.60 Å². The predicted molar refractivity (Wildman–Crippen MR) is 113 cm³/mol. The van der Waals surface area contributed by atoms with Gasteiger partial charge in [-0.25, -0.2) is 4.98 Å². The van der Waals surface area contributed by atoms with Crippen LogP contribution in [0.4, 0.5) is 0 Å². The Balaban J connectivity index is 1.46. The molecule has 8 atom stereocenters. The normalized spacial score (nSPS) is 47.5. The summed E-state index contributed by atoms with van der Waals surface area (Å²) in [5, 5.41) is 24.6. The Morgan fingerprint density at radius 1 is 1.14 bits per heavy atom. The van der Waals surface area contributed by atoms with Crippen molar-refractivity contribution < 1.29 is 10.2 Å². The highest BCUT2D eigenvalue weighted by molar-refractivity contribution is 7.09. The molecule has 0 radical (unpaired) electrons. The molecule has 0 saturated heterocycles. The number of aliphatic hydroxyl groups excluding tert-OH is 1. The molecule has 3 nitrogen and oxygen atoms in total. The fraction of sp³-hybridized carbons (Fsp3) is 0.792. The molecule has 28 heavy (non-hydrogen) atoms. The molecule has 5 rings (SSSR count). The largest absolute Gasteiger partial charge is 0.393 e. The lowest BCUT2D eigenvalue weighted by Crippen LogP contribution is -2.52. The lowest BCUT2D eigenvalue weighted by Gasteiger charge is -2.58. The molecule has 0 bridgehead atoms. The Morgan fingerprint density at radius 3 is 2.71 bits per heavy atom. The van der Waals surface area contributed by atoms with Gasteiger partial charge in [0.2, 0.25) is 0 Å². The molecule has 4 aliphatic rings. The van der Waals surface area contributed by atoms with Crippen molar-refractivity contribution in [3.05, 3.63) is 28.2 Å². The van der Waals surface area contributed by atoms with Crippen LogP contribution in [0, 0.1) is 34.5 Å². The van der Waals surface area contributed by atoms with Crippen LogP contribution in [0.3, 0.4) is 0 Å². The minimum atomic E-state index is -0.820. The SMILES string of the molecule is C[C@]12CC[C@H]3[C@@H](CC=C4C[C@@H](O)CC[C@@]43C)[C@@H]1CC[C@@H]2[C@@](C)(O)c1nccs1. The average molecular weight is 402 g/mol. The summed E-state index contributed by atoms with van der Waals surface area (Å²) in [5.74, 6) is 2.48. The molecule has 4 heteroatoms. The van der Waals surface area contributed by atoms with Crippen LogP contribution < -0.4 is 0 Å². The van der Waals surface area contributed by atoms with Crippen molar-refractivity contribution in [2.45, 2.75) is 83.8 Å². The molecular formula is C24H35NO2S. The van der Waals surface area contributed by atoms with E-state index in [4.69, 9.17) is 0 Å². The molecule has 1 aromatic heterocycles. The minimum absolute atomic E-state index is 0.131. The molecule has 0 aromatic carbocycles. The number of thiazole rings is 1. The van der Waals surface area contributed by atoms with Crippen molar-refractivity contribution in [1.29, 1.82) is 0 Å². The number of aliphatic hydroxyl groups is 2. The molecule has 1 aromatic rings. The van der Waals surface area contributed by atoms with E-state index in [9.17, 15) is 10.2 Å². The van der Waals surface area contributed by atoms with Gasteiger partial charge in [-0.1, -0.05) is 25.5 Å². The summed E-state index contributed by atoms with van der Waals surface area (Å²) in [4.78, 5) is 4.49. The van der Waals surface area contributed by atoms with Crippen LogP contribution in [0.15, 0.2) is 23.2 Å². The third kappa shape index (κ3) is 2.56. The second-order valence-corrected chi connectivity index (χ2v) is 11.7. The lowest BCUT2D eigenvalue weighted by molar-refractivity contribution is -0.105. The van der Waals surface area contributed by atoms with Crippen LogP contribution in [0.25, 0.3) is 0 Å². The van der Waals surface area contributed by atoms with Gasteiger partial charge in [-0.3, -0.25) is 0 Å². The average Bonchev–Trinajstić information content (AvgIpc) is 3.30. The Bertz CT molecular complexity index is 772. The number of hydrogen-bond acceptors (Lipinski definition) is 4. The van der Waals surface area contributed by atoms with Crippen LogP contribution in [0.5, 0.6) is 0 Å². The van der Waals surface area contributed by atoms with Crippen molar-refractivity contribution in [3.63, 3.8) is 0 Å². The van der Waals surface area contributed by atoms with E-state index >= 15 is 0 Å². The van der Waals surface area contributed by atoms with E-state index in [0.29, 0.717) is 17.3 Å². The Labute approximate surface area is 173 Å². The van der Waals surface area contributed by atoms with Crippen molar-refractivity contribution in [1.82, 2.24) is 4.98 Å². The Hall–Kier alpha value is -0.710. The van der Waals surface area contributed by atoms with Crippen LogP contribution in [0.1, 0.15) is 77.1 Å². The summed E-state index contributed by atoms with van der Waals surface area (Å²) in [7, 11) is 0. The van der Waals surface area contributed by atoms with E-state index in [1.807, 2.05) is 18.5 Å². The number of allylic oxidation sites excluding steroid dienone is 1. The maximum atomic E-state index is 11.6. The summed E-state index contributed by atoms with van der Waals surface area (Å²) in [5.41, 5.74) is 1.21. The van der Waals surface area contributed by atoms with E-state index in [1.165, 1.54) is 25.7 Å². The molecule has 1 heterocycles. The first kappa shape index (κ1) is 19.3. The van der Waals surface area contributed by atoms with Crippen LogP contribution in [-0.4, -0.2) is 21.3 Å². The van der Waals surface area contributed by atoms with Gasteiger partial charge in [0.15, 0.2) is 0 Å². The molecule has 0 amide bonds. The topological polar surface area (TPSA) is 53.4 Å². The Kier molecular flexibility index (Phi) is 4.40. The summed E-state index contributed by atoms with van der Waals surface area (Å²) in [6.07, 6.45) is 13.2. The first-order chi connectivity index (χ1) is 13.3. The lowest BCUT2D eigenvalue weighted by atomic mass is 9.47. The molecule has 154 valence electrons. The van der Waals surface area contributed by atoms with E-state index in [0.717, 1.165) is 42.5 Å². The van der Waals surface area contributed by atoms with Gasteiger partial charge in [0.05, 0.1) is 6.10 Å². The van der Waals surface area contributed by atoms with E-state index in [-0.39, 0.29) is 11.5 Å². The molecule has 4 aliphatic carbocycles. The third-order valence-electron chi connectivity index (χ3n) is 9.62. The van der Waals surface area contributed by atoms with Gasteiger partial charge >= 0.3 is 0 Å². The first-order valence-corrected chi connectivity index (χ1v) is 12.1. The number of fused-ring (bicyclic) bond motifs is 5. The number of rotatable bonds is 2. The summed E-state index contributed by atoms with van der Waals surface area (Å²) in [6.45, 7) is 6.97. The van der Waals surface area contributed by atoms with Gasteiger partial charge in [-0.2, -0.15) is 0 Å². The highest BCUT2D eigenvalue weighted by Gasteiger charge is 2.61. The highest BCUT2D eigenvalue weighted by Crippen LogP contribution is 2.68. The quantitative estimate of drug-likeness (QED) is 0.662. The number of aromatic nitrogens is 1. The second-order valence-electron chi connectivity index (χ2n) is 10.8. The smallest absolute Gasteiger partial charge is 0.124 e. The molecule has 0 unspecified atom stereocenters. The maximum Gasteiger partial charge on any atom is 0.124 e. The van der Waals surface area contributed by atoms with Gasteiger partial charge in [0.25, 0.3) is 0 Å². The van der Waals surface area contributed by atoms with Gasteiger partial charge in [0.1, 0.15) is 10.6 Å². The van der Waals surface area contributed by atoms with Crippen molar-refractivity contribution in [3.8, 4) is 0 Å². The summed E-state index contributed by atoms with van der Waals surface area (Å²) < 4.78 is 0. The van der Waals surface area contributed by atoms with Gasteiger partial charge < -0.3 is 10.2 Å². The van der Waals surface area contributed by atoms with Crippen LogP contribution in [0.2, 0.25) is 0 Å². The fourth-order valence-corrected chi connectivity index (χ4v) is 8.94. The van der Waals surface area contributed by atoms with Crippen LogP contribution in [-0.2, 0) is 5.60 Å². The Morgan fingerprint density at radius 2 is 1.96 bits per heavy atom. The van der Waals surface area contributed by atoms with Gasteiger partial charge in [-0.15, -0.1) is 11.3 Å². The third-order valence-corrected chi connectivity index (χ3v) is 10.6. The van der Waals surface area contributed by atoms with Crippen molar-refractivity contribution in [2.24, 2.45) is 34.5 Å². The zero-order chi connectivity index (χ0) is 19.7. The molecule has 0 spiro atoms. The van der Waals surface area contributed by atoms with E-state index in [1.54, 1.807) is 16.9 Å². The summed E-state index contributed by atoms with van der Waals surface area (Å²) >= 11 is 1.60. The fourth-order valence-electron chi connectivity index (χ4n) is 8.19. The molecule has 0 aliphatic heterocycles. The van der Waals surface area contributed by atoms with Gasteiger partial charge in [-0.05, 0) is 92.8 Å². The monoisotopic (exact) mass is 401 g/mol. The standard InChI is InChI=1S/C24H35NO2S/c1-22-10-8-16(26)14-15(22)4-5-17-18-6-7-20(23(18,2)11-9-19(17)22)24(3,27)21-25-12-13-28-21/h4,12-13,16-20,26-27H,5-11,14H2,1-3H3/t16-,17-,18-,19-,20-,22-,23-,24+/m0/s1. The molecular weight excluding hydrogens is 366 g/mol. The molecule has 2 N–H and O–H groups in total. The zero-order valence-corrected chi connectivity index (χ0v) is 18.3. The molecule has 3 saturated carbocycles. The van der Waals surface area contributed by atoms with E-state index in [2.05, 4.69) is 24.9 Å². The zero-order valence-electron chi connectivity index (χ0n) is 17.5. The highest BCUT2D eigenvalue weighted by atomic mass is 32.1. The van der Waals surface area contributed by atoms with Crippen LogP contribution >= 0.6 is 11.3 Å². The minimum Gasteiger partial charge on any atom is -0.393 e. The second kappa shape index (κ2) is 6.39. The van der Waals surface area contributed by atoms with Crippen molar-refractivity contribution >= 4 is 11.3 Å². The number of nitrogens with zero attached hydrogens (tertiary/aromatic N) is 1. The first-order valence-electron chi connectivity index (χ1n) is 11.3. The maximum absolute atomic E-state index is 11.6. The van der Waals surface area contributed by atoms with Gasteiger partial charge in [0, 0.05) is 11.6 Å². The number of hydrogen-bond donors (Lipinski definition) is 2. The molecule has 3 fully saturated rings. The van der Waals surface area contributed by atoms with Crippen molar-refractivity contribution in [2.75, 3.05) is 0 Å². The predicted octanol–water partition coefficient (Wildman–Crippen LogP) is 5.29. The summed E-state index contributed by atoms with van der Waals surface area (Å²) in [6, 6.07) is 0.